The Morgan fingerprint density at radius 3 is 2.80 bits per heavy atom. The number of imidazole rings is 1. The molecule has 0 saturated carbocycles. The molecule has 2 aromatic heterocycles. The molecule has 0 spiro atoms. The van der Waals surface area contributed by atoms with Crippen LogP contribution in [0.1, 0.15) is 21.7 Å². The summed E-state index contributed by atoms with van der Waals surface area (Å²) >= 11 is 1.66. The highest BCUT2D eigenvalue weighted by molar-refractivity contribution is 7.17. The van der Waals surface area contributed by atoms with Crippen LogP contribution in [0.4, 0.5) is 0 Å². The Kier molecular flexibility index (Phi) is 3.07. The minimum atomic E-state index is 0.375. The van der Waals surface area contributed by atoms with Crippen molar-refractivity contribution in [1.29, 1.82) is 5.26 Å². The van der Waals surface area contributed by atoms with Crippen LogP contribution in [0, 0.1) is 32.1 Å². The first-order valence-electron chi connectivity index (χ1n) is 6.52. The standard InChI is InChI=1S/C16H15N3S/c1-10-4-5-13(11(2)8-10)15-14(6-7-17)19-9-12(3)20-16(19)18-15/h4-5,8-9H,6H2,1-3H3. The number of hydrogen-bond acceptors (Lipinski definition) is 3. The molecule has 0 radical (unpaired) electrons. The van der Waals surface area contributed by atoms with Crippen LogP contribution in [0.2, 0.25) is 0 Å². The number of rotatable bonds is 2. The predicted molar refractivity (Wildman–Crippen MR) is 82.0 cm³/mol. The fraction of sp³-hybridized carbons (Fsp3) is 0.250. The molecule has 3 aromatic rings. The van der Waals surface area contributed by atoms with Gasteiger partial charge in [-0.15, -0.1) is 11.3 Å². The van der Waals surface area contributed by atoms with Gasteiger partial charge in [0, 0.05) is 16.6 Å². The van der Waals surface area contributed by atoms with Crippen molar-refractivity contribution in [2.75, 3.05) is 0 Å². The van der Waals surface area contributed by atoms with E-state index in [0.717, 1.165) is 21.9 Å². The van der Waals surface area contributed by atoms with E-state index in [1.807, 2.05) is 0 Å². The molecular weight excluding hydrogens is 266 g/mol. The number of aromatic nitrogens is 2. The summed E-state index contributed by atoms with van der Waals surface area (Å²) in [4.78, 5) is 6.91. The van der Waals surface area contributed by atoms with E-state index in [0.29, 0.717) is 6.42 Å². The minimum absolute atomic E-state index is 0.375. The number of aryl methyl sites for hydroxylation is 3. The zero-order valence-corrected chi connectivity index (χ0v) is 12.6. The lowest BCUT2D eigenvalue weighted by Gasteiger charge is -2.06. The summed E-state index contributed by atoms with van der Waals surface area (Å²) in [5, 5.41) is 9.10. The third-order valence-corrected chi connectivity index (χ3v) is 4.32. The molecule has 1 aromatic carbocycles. The Morgan fingerprint density at radius 2 is 2.10 bits per heavy atom. The molecule has 20 heavy (non-hydrogen) atoms. The molecule has 0 amide bonds. The number of hydrogen-bond donors (Lipinski definition) is 0. The maximum atomic E-state index is 9.10. The van der Waals surface area contributed by atoms with Gasteiger partial charge in [-0.05, 0) is 26.3 Å². The molecule has 2 heterocycles. The lowest BCUT2D eigenvalue weighted by molar-refractivity contribution is 1.07. The van der Waals surface area contributed by atoms with E-state index in [2.05, 4.69) is 55.6 Å². The quantitative estimate of drug-likeness (QED) is 0.711. The average molecular weight is 281 g/mol. The van der Waals surface area contributed by atoms with E-state index in [4.69, 9.17) is 10.2 Å². The van der Waals surface area contributed by atoms with Crippen LogP contribution in [0.25, 0.3) is 16.2 Å². The molecule has 100 valence electrons. The largest absolute Gasteiger partial charge is 0.293 e. The Hall–Kier alpha value is -2.12. The van der Waals surface area contributed by atoms with Crippen molar-refractivity contribution in [2.24, 2.45) is 0 Å². The van der Waals surface area contributed by atoms with Crippen molar-refractivity contribution in [1.82, 2.24) is 9.38 Å². The van der Waals surface area contributed by atoms with Gasteiger partial charge in [0.2, 0.25) is 0 Å². The second kappa shape index (κ2) is 4.77. The van der Waals surface area contributed by atoms with Gasteiger partial charge in [-0.3, -0.25) is 4.40 Å². The van der Waals surface area contributed by atoms with E-state index in [1.54, 1.807) is 11.3 Å². The number of benzene rings is 1. The predicted octanol–water partition coefficient (Wildman–Crippen LogP) is 4.05. The SMILES string of the molecule is Cc1ccc(-c2nc3sc(C)cn3c2CC#N)c(C)c1. The Morgan fingerprint density at radius 1 is 1.30 bits per heavy atom. The molecule has 0 aliphatic heterocycles. The Labute approximate surface area is 122 Å². The van der Waals surface area contributed by atoms with Crippen LogP contribution in [0.15, 0.2) is 24.4 Å². The molecule has 3 nitrogen and oxygen atoms in total. The average Bonchev–Trinajstić information content (AvgIpc) is 2.88. The molecule has 0 fully saturated rings. The van der Waals surface area contributed by atoms with E-state index in [-0.39, 0.29) is 0 Å². The van der Waals surface area contributed by atoms with Gasteiger partial charge >= 0.3 is 0 Å². The second-order valence-corrected chi connectivity index (χ2v) is 6.27. The van der Waals surface area contributed by atoms with Gasteiger partial charge in [-0.1, -0.05) is 23.8 Å². The smallest absolute Gasteiger partial charge is 0.194 e. The lowest BCUT2D eigenvalue weighted by Crippen LogP contribution is -1.93. The van der Waals surface area contributed by atoms with Gasteiger partial charge in [0.15, 0.2) is 4.96 Å². The number of nitrogens with zero attached hydrogens (tertiary/aromatic N) is 3. The van der Waals surface area contributed by atoms with Crippen molar-refractivity contribution in [3.8, 4) is 17.3 Å². The molecule has 0 aliphatic rings. The minimum Gasteiger partial charge on any atom is -0.293 e. The molecule has 0 atom stereocenters. The zero-order valence-electron chi connectivity index (χ0n) is 11.8. The third-order valence-electron chi connectivity index (χ3n) is 3.42. The number of nitriles is 1. The van der Waals surface area contributed by atoms with Crippen molar-refractivity contribution in [3.63, 3.8) is 0 Å². The maximum absolute atomic E-state index is 9.10. The van der Waals surface area contributed by atoms with Crippen LogP contribution >= 0.6 is 11.3 Å². The normalized spacial score (nSPS) is 10.9. The first-order valence-corrected chi connectivity index (χ1v) is 7.33. The van der Waals surface area contributed by atoms with Crippen LogP contribution in [0.3, 0.4) is 0 Å². The highest BCUT2D eigenvalue weighted by Crippen LogP contribution is 2.30. The molecular formula is C16H15N3S. The van der Waals surface area contributed by atoms with Gasteiger partial charge in [-0.2, -0.15) is 5.26 Å². The van der Waals surface area contributed by atoms with E-state index in [1.165, 1.54) is 16.0 Å². The van der Waals surface area contributed by atoms with E-state index < -0.39 is 0 Å². The Bertz CT molecular complexity index is 833. The summed E-state index contributed by atoms with van der Waals surface area (Å²) in [6, 6.07) is 8.61. The number of fused-ring (bicyclic) bond motifs is 1. The monoisotopic (exact) mass is 281 g/mol. The highest BCUT2D eigenvalue weighted by atomic mass is 32.1. The Balaban J connectivity index is 2.27. The molecule has 0 bridgehead atoms. The molecule has 0 saturated heterocycles. The van der Waals surface area contributed by atoms with E-state index in [9.17, 15) is 0 Å². The first-order chi connectivity index (χ1) is 9.60. The maximum Gasteiger partial charge on any atom is 0.194 e. The van der Waals surface area contributed by atoms with Crippen LogP contribution in [-0.4, -0.2) is 9.38 Å². The molecule has 3 rings (SSSR count). The summed E-state index contributed by atoms with van der Waals surface area (Å²) in [5.74, 6) is 0. The molecule has 0 aliphatic carbocycles. The molecule has 0 unspecified atom stereocenters. The van der Waals surface area contributed by atoms with Gasteiger partial charge < -0.3 is 0 Å². The molecule has 4 heteroatoms. The molecule has 0 N–H and O–H groups in total. The summed E-state index contributed by atoms with van der Waals surface area (Å²) in [6.07, 6.45) is 2.44. The van der Waals surface area contributed by atoms with Crippen LogP contribution in [0.5, 0.6) is 0 Å². The summed E-state index contributed by atoms with van der Waals surface area (Å²) in [6.45, 7) is 6.24. The summed E-state index contributed by atoms with van der Waals surface area (Å²) < 4.78 is 2.05. The summed E-state index contributed by atoms with van der Waals surface area (Å²) in [7, 11) is 0. The number of thiazole rings is 1. The van der Waals surface area contributed by atoms with Gasteiger partial charge in [-0.25, -0.2) is 4.98 Å². The van der Waals surface area contributed by atoms with Crippen molar-refractivity contribution in [2.45, 2.75) is 27.2 Å². The van der Waals surface area contributed by atoms with Crippen molar-refractivity contribution in [3.05, 3.63) is 46.1 Å². The van der Waals surface area contributed by atoms with Crippen LogP contribution in [-0.2, 0) is 6.42 Å². The fourth-order valence-electron chi connectivity index (χ4n) is 2.54. The lowest BCUT2D eigenvalue weighted by atomic mass is 10.0. The first kappa shape index (κ1) is 12.9. The summed E-state index contributed by atoms with van der Waals surface area (Å²) in [5.41, 5.74) is 5.49. The van der Waals surface area contributed by atoms with Crippen molar-refractivity contribution >= 4 is 16.3 Å². The third kappa shape index (κ3) is 2.00. The highest BCUT2D eigenvalue weighted by Gasteiger charge is 2.16. The van der Waals surface area contributed by atoms with Gasteiger partial charge in [0.05, 0.1) is 23.9 Å². The fourth-order valence-corrected chi connectivity index (χ4v) is 3.38. The second-order valence-electron chi connectivity index (χ2n) is 5.05. The van der Waals surface area contributed by atoms with Gasteiger partial charge in [0.1, 0.15) is 0 Å². The van der Waals surface area contributed by atoms with Gasteiger partial charge in [0.25, 0.3) is 0 Å². The van der Waals surface area contributed by atoms with Crippen LogP contribution < -0.4 is 0 Å². The van der Waals surface area contributed by atoms with E-state index >= 15 is 0 Å². The zero-order chi connectivity index (χ0) is 14.3. The topological polar surface area (TPSA) is 41.1 Å². The van der Waals surface area contributed by atoms with Crippen molar-refractivity contribution < 1.29 is 0 Å².